The Kier molecular flexibility index (Phi) is 9.14. The predicted molar refractivity (Wildman–Crippen MR) is 131 cm³/mol. The molecule has 0 aliphatic carbocycles. The molecule has 0 unspecified atom stereocenters. The zero-order chi connectivity index (χ0) is 24.0. The average Bonchev–Trinajstić information content (AvgIpc) is 2.81. The molecule has 33 heavy (non-hydrogen) atoms. The van der Waals surface area contributed by atoms with Crippen LogP contribution in [0.1, 0.15) is 26.2 Å². The summed E-state index contributed by atoms with van der Waals surface area (Å²) in [6, 6.07) is 5.08. The smallest absolute Gasteiger partial charge is 0.272 e. The van der Waals surface area contributed by atoms with Crippen LogP contribution in [0, 0.1) is 0 Å². The van der Waals surface area contributed by atoms with E-state index in [0.717, 1.165) is 19.2 Å². The number of rotatable bonds is 7. The Hall–Kier alpha value is -2.13. The number of allylic oxidation sites excluding steroid dienone is 1. The third-order valence-corrected chi connectivity index (χ3v) is 6.69. The van der Waals surface area contributed by atoms with E-state index in [9.17, 15) is 9.18 Å². The summed E-state index contributed by atoms with van der Waals surface area (Å²) in [4.78, 5) is 19.1. The summed E-state index contributed by atoms with van der Waals surface area (Å²) in [5.74, 6) is -0.223. The van der Waals surface area contributed by atoms with Crippen molar-refractivity contribution in [2.45, 2.75) is 44.4 Å². The van der Waals surface area contributed by atoms with Crippen LogP contribution in [0.25, 0.3) is 0 Å². The van der Waals surface area contributed by atoms with Crippen LogP contribution < -0.4 is 16.4 Å². The quantitative estimate of drug-likeness (QED) is 0.230. The highest BCUT2D eigenvalue weighted by atomic mass is 35.5. The maximum Gasteiger partial charge on any atom is 0.272 e. The van der Waals surface area contributed by atoms with Crippen molar-refractivity contribution in [2.24, 2.45) is 10.7 Å². The number of likely N-dealkylation sites (tertiary alicyclic amines) is 1. The predicted octanol–water partition coefficient (Wildman–Crippen LogP) is 3.89. The topological polar surface area (TPSA) is 92.0 Å². The van der Waals surface area contributed by atoms with Crippen molar-refractivity contribution in [1.82, 2.24) is 10.2 Å². The SMILES string of the molecule is C=C(Nc1ccc(Cl)c(Cl)c1)/C(C)=C(\N=C/N)C(=O)N1CCC(N[C@@H]2CCOC[C@@H]2F)CC1. The molecule has 0 radical (unpaired) electrons. The third-order valence-electron chi connectivity index (χ3n) is 5.95. The summed E-state index contributed by atoms with van der Waals surface area (Å²) < 4.78 is 19.2. The van der Waals surface area contributed by atoms with Crippen LogP contribution in [0.2, 0.25) is 10.0 Å². The second-order valence-corrected chi connectivity index (χ2v) is 9.02. The zero-order valence-electron chi connectivity index (χ0n) is 18.6. The molecule has 180 valence electrons. The Morgan fingerprint density at radius 3 is 2.67 bits per heavy atom. The Morgan fingerprint density at radius 2 is 2.03 bits per heavy atom. The molecular weight excluding hydrogens is 468 g/mol. The second kappa shape index (κ2) is 11.8. The number of carbonyl (C=O) groups excluding carboxylic acids is 1. The van der Waals surface area contributed by atoms with Crippen LogP contribution >= 0.6 is 23.2 Å². The minimum Gasteiger partial charge on any atom is -0.390 e. The van der Waals surface area contributed by atoms with Gasteiger partial charge in [0, 0.05) is 48.7 Å². The number of aliphatic imine (C=N–C) groups is 1. The third kappa shape index (κ3) is 6.69. The summed E-state index contributed by atoms with van der Waals surface area (Å²) in [6.45, 7) is 7.58. The second-order valence-electron chi connectivity index (χ2n) is 8.20. The molecule has 2 aliphatic rings. The van der Waals surface area contributed by atoms with Gasteiger partial charge in [0.2, 0.25) is 0 Å². The number of hydrogen-bond donors (Lipinski definition) is 3. The molecule has 2 saturated heterocycles. The van der Waals surface area contributed by atoms with E-state index in [-0.39, 0.29) is 30.3 Å². The Balaban J connectivity index is 1.63. The highest BCUT2D eigenvalue weighted by Gasteiger charge is 2.31. The number of alkyl halides is 1. The molecule has 2 atom stereocenters. The van der Waals surface area contributed by atoms with Crippen LogP contribution in [0.15, 0.2) is 46.7 Å². The van der Waals surface area contributed by atoms with Crippen molar-refractivity contribution >= 4 is 41.1 Å². The van der Waals surface area contributed by atoms with E-state index < -0.39 is 6.17 Å². The summed E-state index contributed by atoms with van der Waals surface area (Å²) in [5.41, 5.74) is 7.49. The Morgan fingerprint density at radius 1 is 1.30 bits per heavy atom. The van der Waals surface area contributed by atoms with Gasteiger partial charge in [-0.15, -0.1) is 0 Å². The largest absolute Gasteiger partial charge is 0.390 e. The summed E-state index contributed by atoms with van der Waals surface area (Å²) >= 11 is 12.0. The molecule has 0 bridgehead atoms. The molecule has 1 aromatic carbocycles. The lowest BCUT2D eigenvalue weighted by Gasteiger charge is -2.36. The molecule has 4 N–H and O–H groups in total. The van der Waals surface area contributed by atoms with Crippen molar-refractivity contribution in [3.63, 3.8) is 0 Å². The van der Waals surface area contributed by atoms with Gasteiger partial charge in [-0.1, -0.05) is 29.8 Å². The fourth-order valence-electron chi connectivity index (χ4n) is 3.96. The van der Waals surface area contributed by atoms with E-state index in [1.54, 1.807) is 30.0 Å². The molecule has 0 saturated carbocycles. The lowest BCUT2D eigenvalue weighted by atomic mass is 10.00. The maximum absolute atomic E-state index is 14.0. The van der Waals surface area contributed by atoms with Gasteiger partial charge in [-0.2, -0.15) is 0 Å². The number of halogens is 3. The summed E-state index contributed by atoms with van der Waals surface area (Å²) in [5, 5.41) is 7.38. The Bertz CT molecular complexity index is 931. The molecule has 2 fully saturated rings. The van der Waals surface area contributed by atoms with Gasteiger partial charge in [0.05, 0.1) is 23.0 Å². The number of benzene rings is 1. The number of ether oxygens (including phenoxy) is 1. The molecule has 0 aromatic heterocycles. The number of piperidine rings is 1. The van der Waals surface area contributed by atoms with Crippen LogP contribution in [-0.4, -0.2) is 61.7 Å². The molecule has 3 rings (SSSR count). The van der Waals surface area contributed by atoms with Gasteiger partial charge in [0.25, 0.3) is 5.91 Å². The number of carbonyl (C=O) groups is 1. The molecule has 2 heterocycles. The van der Waals surface area contributed by atoms with Gasteiger partial charge >= 0.3 is 0 Å². The van der Waals surface area contributed by atoms with Gasteiger partial charge < -0.3 is 26.0 Å². The highest BCUT2D eigenvalue weighted by molar-refractivity contribution is 6.42. The number of hydrogen-bond acceptors (Lipinski definition) is 5. The number of nitrogens with two attached hydrogens (primary N) is 1. The first-order chi connectivity index (χ1) is 15.8. The average molecular weight is 498 g/mol. The summed E-state index contributed by atoms with van der Waals surface area (Å²) in [6.07, 6.45) is 2.23. The molecular formula is C23H30Cl2FN5O2. The lowest BCUT2D eigenvalue weighted by Crippen LogP contribution is -2.52. The van der Waals surface area contributed by atoms with Gasteiger partial charge in [0.15, 0.2) is 0 Å². The lowest BCUT2D eigenvalue weighted by molar-refractivity contribution is -0.128. The van der Waals surface area contributed by atoms with Gasteiger partial charge in [-0.3, -0.25) is 4.79 Å². The maximum atomic E-state index is 14.0. The molecule has 1 aromatic rings. The first kappa shape index (κ1) is 25.5. The number of nitrogens with one attached hydrogen (secondary N) is 2. The zero-order valence-corrected chi connectivity index (χ0v) is 20.1. The van der Waals surface area contributed by atoms with Gasteiger partial charge in [-0.05, 0) is 44.4 Å². The van der Waals surface area contributed by atoms with E-state index in [4.69, 9.17) is 33.7 Å². The van der Waals surface area contributed by atoms with Gasteiger partial charge in [-0.25, -0.2) is 9.38 Å². The normalized spacial score (nSPS) is 22.8. The van der Waals surface area contributed by atoms with Crippen molar-refractivity contribution in [1.29, 1.82) is 0 Å². The van der Waals surface area contributed by atoms with E-state index in [2.05, 4.69) is 22.2 Å². The van der Waals surface area contributed by atoms with Crippen molar-refractivity contribution in [3.05, 3.63) is 51.8 Å². The van der Waals surface area contributed by atoms with Gasteiger partial charge in [0.1, 0.15) is 11.9 Å². The minimum atomic E-state index is -0.997. The number of nitrogens with zero attached hydrogens (tertiary/aromatic N) is 2. The molecule has 0 spiro atoms. The Labute approximate surface area is 203 Å². The first-order valence-corrected chi connectivity index (χ1v) is 11.7. The fraction of sp³-hybridized carbons (Fsp3) is 0.478. The van der Waals surface area contributed by atoms with Crippen LogP contribution in [0.4, 0.5) is 10.1 Å². The van der Waals surface area contributed by atoms with E-state index in [0.29, 0.717) is 53.1 Å². The standard InChI is InChI=1S/C23H30Cl2FN5O2/c1-14(15(2)29-17-3-4-18(24)19(25)11-17)22(28-13-27)23(32)31-8-5-16(6-9-31)30-21-7-10-33-12-20(21)26/h3-4,11,13,16,20-21,29-30H,2,5-10,12H2,1H3,(H2,27,28)/b22-14-/t20-,21+/m0/s1. The van der Waals surface area contributed by atoms with Crippen molar-refractivity contribution < 1.29 is 13.9 Å². The van der Waals surface area contributed by atoms with Crippen LogP contribution in [-0.2, 0) is 9.53 Å². The number of anilines is 1. The monoisotopic (exact) mass is 497 g/mol. The van der Waals surface area contributed by atoms with E-state index in [1.165, 1.54) is 0 Å². The molecule has 7 nitrogen and oxygen atoms in total. The summed E-state index contributed by atoms with van der Waals surface area (Å²) in [7, 11) is 0. The molecule has 10 heteroatoms. The van der Waals surface area contributed by atoms with Crippen LogP contribution in [0.5, 0.6) is 0 Å². The molecule has 2 aliphatic heterocycles. The van der Waals surface area contributed by atoms with E-state index >= 15 is 0 Å². The van der Waals surface area contributed by atoms with Crippen molar-refractivity contribution in [3.8, 4) is 0 Å². The highest BCUT2D eigenvalue weighted by Crippen LogP contribution is 2.27. The molecule has 1 amide bonds. The van der Waals surface area contributed by atoms with Crippen molar-refractivity contribution in [2.75, 3.05) is 31.6 Å². The minimum absolute atomic E-state index is 0.139. The fourth-order valence-corrected chi connectivity index (χ4v) is 4.26. The van der Waals surface area contributed by atoms with Crippen LogP contribution in [0.3, 0.4) is 0 Å². The number of amides is 1. The van der Waals surface area contributed by atoms with E-state index in [1.807, 2.05) is 0 Å². The first-order valence-electron chi connectivity index (χ1n) is 10.9.